The van der Waals surface area contributed by atoms with E-state index in [9.17, 15) is 9.59 Å². The number of carbonyl (C=O) groups is 2. The Bertz CT molecular complexity index is 736. The zero-order valence-electron chi connectivity index (χ0n) is 13.4. The van der Waals surface area contributed by atoms with E-state index in [0.29, 0.717) is 24.5 Å². The summed E-state index contributed by atoms with van der Waals surface area (Å²) in [5.41, 5.74) is 2.98. The summed E-state index contributed by atoms with van der Waals surface area (Å²) in [5.74, 6) is 0.320. The molecule has 0 aliphatic carbocycles. The molecule has 124 valence electrons. The molecule has 2 aromatic rings. The number of benzene rings is 2. The number of hydrogen-bond acceptors (Lipinski definition) is 3. The van der Waals surface area contributed by atoms with Gasteiger partial charge in [0.2, 0.25) is 0 Å². The number of likely N-dealkylation sites (N-methyl/N-ethyl adjacent to an activating group) is 1. The monoisotopic (exact) mass is 325 g/mol. The van der Waals surface area contributed by atoms with Crippen molar-refractivity contribution in [2.45, 2.75) is 13.1 Å². The summed E-state index contributed by atoms with van der Waals surface area (Å²) < 4.78 is 5.38. The van der Waals surface area contributed by atoms with Crippen LogP contribution in [-0.4, -0.2) is 30.5 Å². The van der Waals surface area contributed by atoms with E-state index in [4.69, 9.17) is 4.74 Å². The van der Waals surface area contributed by atoms with Gasteiger partial charge < -0.3 is 20.3 Å². The lowest BCUT2D eigenvalue weighted by atomic mass is 10.1. The molecule has 1 aliphatic rings. The molecular weight excluding hydrogens is 306 g/mol. The fraction of sp³-hybridized carbons (Fsp3) is 0.222. The van der Waals surface area contributed by atoms with Crippen molar-refractivity contribution in [3.8, 4) is 5.75 Å². The molecule has 2 N–H and O–H groups in total. The number of urea groups is 1. The summed E-state index contributed by atoms with van der Waals surface area (Å²) in [4.78, 5) is 25.4. The molecule has 2 aromatic carbocycles. The van der Waals surface area contributed by atoms with Crippen molar-refractivity contribution in [1.29, 1.82) is 0 Å². The fourth-order valence-corrected chi connectivity index (χ4v) is 2.56. The van der Waals surface area contributed by atoms with Crippen molar-refractivity contribution in [3.63, 3.8) is 0 Å². The topological polar surface area (TPSA) is 70.7 Å². The van der Waals surface area contributed by atoms with E-state index in [-0.39, 0.29) is 18.5 Å². The molecular formula is C18H19N3O3. The number of hydrogen-bond donors (Lipinski definition) is 2. The summed E-state index contributed by atoms with van der Waals surface area (Å²) in [5, 5.41) is 5.35. The minimum absolute atomic E-state index is 0.0602. The van der Waals surface area contributed by atoms with E-state index in [0.717, 1.165) is 0 Å². The van der Waals surface area contributed by atoms with Gasteiger partial charge >= 0.3 is 6.03 Å². The molecule has 0 atom stereocenters. The molecule has 6 nitrogen and oxygen atoms in total. The first-order valence-electron chi connectivity index (χ1n) is 7.72. The van der Waals surface area contributed by atoms with Gasteiger partial charge in [0.1, 0.15) is 5.75 Å². The first-order valence-corrected chi connectivity index (χ1v) is 7.72. The van der Waals surface area contributed by atoms with Crippen LogP contribution in [0.25, 0.3) is 0 Å². The van der Waals surface area contributed by atoms with Crippen LogP contribution >= 0.6 is 0 Å². The van der Waals surface area contributed by atoms with E-state index >= 15 is 0 Å². The number of amides is 3. The second-order valence-electron chi connectivity index (χ2n) is 5.54. The lowest BCUT2D eigenvalue weighted by molar-refractivity contribution is -0.122. The molecule has 0 spiro atoms. The Hall–Kier alpha value is -3.02. The van der Waals surface area contributed by atoms with Gasteiger partial charge in [-0.25, -0.2) is 4.79 Å². The zero-order chi connectivity index (χ0) is 16.9. The molecule has 0 unspecified atom stereocenters. The van der Waals surface area contributed by atoms with Gasteiger partial charge in [0, 0.05) is 31.9 Å². The number of ether oxygens (including phenoxy) is 1. The smallest absolute Gasteiger partial charge is 0.322 e. The molecule has 0 fully saturated rings. The van der Waals surface area contributed by atoms with Crippen molar-refractivity contribution >= 4 is 17.6 Å². The van der Waals surface area contributed by atoms with Crippen LogP contribution in [0.4, 0.5) is 10.5 Å². The van der Waals surface area contributed by atoms with Crippen LogP contribution in [-0.2, 0) is 17.9 Å². The Labute approximate surface area is 140 Å². The maximum Gasteiger partial charge on any atom is 0.322 e. The molecule has 6 heteroatoms. The highest BCUT2D eigenvalue weighted by Gasteiger charge is 2.22. The third-order valence-corrected chi connectivity index (χ3v) is 3.86. The van der Waals surface area contributed by atoms with E-state index in [1.54, 1.807) is 36.2 Å². The van der Waals surface area contributed by atoms with Crippen LogP contribution in [0.1, 0.15) is 11.1 Å². The van der Waals surface area contributed by atoms with E-state index in [2.05, 4.69) is 10.6 Å². The van der Waals surface area contributed by atoms with Gasteiger partial charge in [-0.05, 0) is 23.3 Å². The van der Waals surface area contributed by atoms with E-state index < -0.39 is 0 Å². The molecule has 0 radical (unpaired) electrons. The number of anilines is 1. The zero-order valence-corrected chi connectivity index (χ0v) is 13.4. The predicted octanol–water partition coefficient (Wildman–Crippen LogP) is 2.36. The number of nitrogens with one attached hydrogen (secondary N) is 2. The van der Waals surface area contributed by atoms with Gasteiger partial charge in [-0.15, -0.1) is 0 Å². The van der Waals surface area contributed by atoms with Crippen molar-refractivity contribution in [1.82, 2.24) is 10.2 Å². The molecule has 3 amide bonds. The lowest BCUT2D eigenvalue weighted by Crippen LogP contribution is -2.30. The van der Waals surface area contributed by atoms with Gasteiger partial charge in [0.25, 0.3) is 5.91 Å². The highest BCUT2D eigenvalue weighted by molar-refractivity contribution is 5.90. The molecule has 1 heterocycles. The van der Waals surface area contributed by atoms with Crippen LogP contribution in [0.2, 0.25) is 0 Å². The van der Waals surface area contributed by atoms with Crippen LogP contribution in [0.5, 0.6) is 5.75 Å². The maximum absolute atomic E-state index is 12.4. The first kappa shape index (κ1) is 15.9. The Kier molecular flexibility index (Phi) is 4.65. The number of nitrogens with zero attached hydrogens (tertiary/aromatic N) is 1. The molecule has 0 aromatic heterocycles. The quantitative estimate of drug-likeness (QED) is 0.906. The molecule has 0 saturated carbocycles. The number of carbonyl (C=O) groups excluding carboxylic acids is 2. The van der Waals surface area contributed by atoms with Gasteiger partial charge in [0.15, 0.2) is 6.61 Å². The van der Waals surface area contributed by atoms with Crippen molar-refractivity contribution < 1.29 is 14.3 Å². The van der Waals surface area contributed by atoms with Crippen LogP contribution < -0.4 is 15.4 Å². The minimum Gasteiger partial charge on any atom is -0.484 e. The normalized spacial score (nSPS) is 12.5. The lowest BCUT2D eigenvalue weighted by Gasteiger charge is -2.17. The van der Waals surface area contributed by atoms with Crippen molar-refractivity contribution in [2.75, 3.05) is 19.0 Å². The molecule has 3 rings (SSSR count). The maximum atomic E-state index is 12.4. The highest BCUT2D eigenvalue weighted by atomic mass is 16.5. The van der Waals surface area contributed by atoms with Crippen LogP contribution in [0, 0.1) is 0 Å². The summed E-state index contributed by atoms with van der Waals surface area (Å²) in [6, 6.07) is 14.9. The van der Waals surface area contributed by atoms with Gasteiger partial charge in [0.05, 0.1) is 0 Å². The van der Waals surface area contributed by atoms with Gasteiger partial charge in [-0.2, -0.15) is 0 Å². The predicted molar refractivity (Wildman–Crippen MR) is 90.7 cm³/mol. The van der Waals surface area contributed by atoms with E-state index in [1.165, 1.54) is 11.1 Å². The Morgan fingerprint density at radius 3 is 2.46 bits per heavy atom. The number of rotatable bonds is 4. The molecule has 0 bridgehead atoms. The summed E-state index contributed by atoms with van der Waals surface area (Å²) in [7, 11) is 1.55. The Morgan fingerprint density at radius 2 is 1.79 bits per heavy atom. The SMILES string of the molecule is CNC(=O)COc1cccc(NC(=O)N2Cc3ccccc3C2)c1. The van der Waals surface area contributed by atoms with Gasteiger partial charge in [-0.1, -0.05) is 30.3 Å². The third-order valence-electron chi connectivity index (χ3n) is 3.86. The fourth-order valence-electron chi connectivity index (χ4n) is 2.56. The second kappa shape index (κ2) is 7.04. The number of fused-ring (bicyclic) bond motifs is 1. The average molecular weight is 325 g/mol. The Balaban J connectivity index is 1.60. The van der Waals surface area contributed by atoms with E-state index in [1.807, 2.05) is 24.3 Å². The van der Waals surface area contributed by atoms with Crippen LogP contribution in [0.15, 0.2) is 48.5 Å². The molecule has 1 aliphatic heterocycles. The summed E-state index contributed by atoms with van der Waals surface area (Å²) in [6.45, 7) is 1.15. The van der Waals surface area contributed by atoms with Gasteiger partial charge in [-0.3, -0.25) is 4.79 Å². The molecule has 24 heavy (non-hydrogen) atoms. The Morgan fingerprint density at radius 1 is 1.08 bits per heavy atom. The average Bonchev–Trinajstić information content (AvgIpc) is 3.04. The third kappa shape index (κ3) is 3.65. The van der Waals surface area contributed by atoms with Crippen LogP contribution in [0.3, 0.4) is 0 Å². The minimum atomic E-state index is -0.209. The second-order valence-corrected chi connectivity index (χ2v) is 5.54. The first-order chi connectivity index (χ1) is 11.7. The van der Waals surface area contributed by atoms with Crippen molar-refractivity contribution in [3.05, 3.63) is 59.7 Å². The molecule has 0 saturated heterocycles. The standard InChI is InChI=1S/C18H19N3O3/c1-19-17(22)12-24-16-8-4-7-15(9-16)20-18(23)21-10-13-5-2-3-6-14(13)11-21/h2-9H,10-12H2,1H3,(H,19,22)(H,20,23). The highest BCUT2D eigenvalue weighted by Crippen LogP contribution is 2.24. The largest absolute Gasteiger partial charge is 0.484 e. The van der Waals surface area contributed by atoms with Crippen molar-refractivity contribution in [2.24, 2.45) is 0 Å². The summed E-state index contributed by atoms with van der Waals surface area (Å²) in [6.07, 6.45) is 0. The summed E-state index contributed by atoms with van der Waals surface area (Å²) >= 11 is 0.